The van der Waals surface area contributed by atoms with Crippen molar-refractivity contribution in [3.8, 4) is 0 Å². The predicted octanol–water partition coefficient (Wildman–Crippen LogP) is 1.64. The molecule has 0 N–H and O–H groups in total. The SMILES string of the molecule is CC(C)[C@H](CSCCN(C)C)C(=O)N(C)C. The highest BCUT2D eigenvalue weighted by atomic mass is 32.2. The fourth-order valence-electron chi connectivity index (χ4n) is 1.34. The fourth-order valence-corrected chi connectivity index (χ4v) is 2.78. The lowest BCUT2D eigenvalue weighted by molar-refractivity contribution is -0.133. The van der Waals surface area contributed by atoms with Crippen LogP contribution in [0.4, 0.5) is 0 Å². The molecule has 0 aromatic rings. The maximum atomic E-state index is 11.9. The minimum atomic E-state index is 0.155. The molecular weight excluding hydrogens is 220 g/mol. The Hall–Kier alpha value is -0.220. The van der Waals surface area contributed by atoms with Gasteiger partial charge in [0.15, 0.2) is 0 Å². The van der Waals surface area contributed by atoms with E-state index in [1.807, 2.05) is 25.9 Å². The van der Waals surface area contributed by atoms with E-state index in [1.165, 1.54) is 0 Å². The highest BCUT2D eigenvalue weighted by Gasteiger charge is 2.23. The summed E-state index contributed by atoms with van der Waals surface area (Å²) < 4.78 is 0. The van der Waals surface area contributed by atoms with Crippen LogP contribution in [0, 0.1) is 11.8 Å². The van der Waals surface area contributed by atoms with Crippen LogP contribution in [0.3, 0.4) is 0 Å². The van der Waals surface area contributed by atoms with E-state index in [9.17, 15) is 4.79 Å². The van der Waals surface area contributed by atoms with Crippen LogP contribution < -0.4 is 0 Å². The number of nitrogens with zero attached hydrogens (tertiary/aromatic N) is 2. The van der Waals surface area contributed by atoms with Gasteiger partial charge in [0, 0.05) is 38.1 Å². The lowest BCUT2D eigenvalue weighted by Gasteiger charge is -2.23. The molecule has 0 bridgehead atoms. The van der Waals surface area contributed by atoms with Crippen molar-refractivity contribution in [3.63, 3.8) is 0 Å². The molecule has 0 radical (unpaired) electrons. The molecule has 16 heavy (non-hydrogen) atoms. The molecular formula is C12H26N2OS. The van der Waals surface area contributed by atoms with Crippen molar-refractivity contribution in [3.05, 3.63) is 0 Å². The van der Waals surface area contributed by atoms with Gasteiger partial charge in [0.05, 0.1) is 0 Å². The zero-order valence-corrected chi connectivity index (χ0v) is 12.3. The normalized spacial score (nSPS) is 13.2. The maximum Gasteiger partial charge on any atom is 0.226 e. The minimum absolute atomic E-state index is 0.155. The Balaban J connectivity index is 4.01. The molecule has 0 aliphatic rings. The highest BCUT2D eigenvalue weighted by Crippen LogP contribution is 2.19. The van der Waals surface area contributed by atoms with Crippen LogP contribution in [0.5, 0.6) is 0 Å². The molecule has 0 saturated carbocycles. The number of carbonyl (C=O) groups excluding carboxylic acids is 1. The largest absolute Gasteiger partial charge is 0.349 e. The quantitative estimate of drug-likeness (QED) is 0.638. The summed E-state index contributed by atoms with van der Waals surface area (Å²) in [4.78, 5) is 15.8. The van der Waals surface area contributed by atoms with Gasteiger partial charge in [-0.3, -0.25) is 4.79 Å². The molecule has 0 spiro atoms. The van der Waals surface area contributed by atoms with Gasteiger partial charge in [-0.1, -0.05) is 13.8 Å². The van der Waals surface area contributed by atoms with Gasteiger partial charge in [-0.05, 0) is 20.0 Å². The summed E-state index contributed by atoms with van der Waals surface area (Å²) in [6.45, 7) is 5.32. The van der Waals surface area contributed by atoms with E-state index in [2.05, 4.69) is 32.8 Å². The van der Waals surface area contributed by atoms with Crippen LogP contribution in [-0.4, -0.2) is 61.9 Å². The summed E-state index contributed by atoms with van der Waals surface area (Å²) in [5.74, 6) is 2.86. The Kier molecular flexibility index (Phi) is 7.85. The van der Waals surface area contributed by atoms with Crippen molar-refractivity contribution in [1.29, 1.82) is 0 Å². The van der Waals surface area contributed by atoms with Crippen LogP contribution in [0.15, 0.2) is 0 Å². The molecule has 0 aliphatic heterocycles. The van der Waals surface area contributed by atoms with Crippen LogP contribution in [0.25, 0.3) is 0 Å². The van der Waals surface area contributed by atoms with Gasteiger partial charge in [-0.25, -0.2) is 0 Å². The van der Waals surface area contributed by atoms with E-state index >= 15 is 0 Å². The van der Waals surface area contributed by atoms with E-state index < -0.39 is 0 Å². The summed E-state index contributed by atoms with van der Waals surface area (Å²) in [5.41, 5.74) is 0. The molecule has 0 unspecified atom stereocenters. The Morgan fingerprint density at radius 1 is 1.19 bits per heavy atom. The van der Waals surface area contributed by atoms with Crippen molar-refractivity contribution in [2.24, 2.45) is 11.8 Å². The molecule has 0 fully saturated rings. The van der Waals surface area contributed by atoms with Crippen molar-refractivity contribution in [1.82, 2.24) is 9.80 Å². The lowest BCUT2D eigenvalue weighted by atomic mass is 9.97. The van der Waals surface area contributed by atoms with E-state index in [0.717, 1.165) is 18.1 Å². The zero-order valence-electron chi connectivity index (χ0n) is 11.5. The first-order valence-corrected chi connectivity index (χ1v) is 6.95. The first kappa shape index (κ1) is 15.8. The van der Waals surface area contributed by atoms with Crippen LogP contribution >= 0.6 is 11.8 Å². The van der Waals surface area contributed by atoms with E-state index in [-0.39, 0.29) is 11.8 Å². The molecule has 0 rings (SSSR count). The number of carbonyl (C=O) groups is 1. The summed E-state index contributed by atoms with van der Waals surface area (Å²) in [7, 11) is 7.82. The second-order valence-electron chi connectivity index (χ2n) is 4.96. The standard InChI is InChI=1S/C12H26N2OS/c1-10(2)11(12(15)14(5)6)9-16-8-7-13(3)4/h10-11H,7-9H2,1-6H3/t11-/m0/s1. The second kappa shape index (κ2) is 7.96. The highest BCUT2D eigenvalue weighted by molar-refractivity contribution is 7.99. The molecule has 4 heteroatoms. The minimum Gasteiger partial charge on any atom is -0.349 e. The fraction of sp³-hybridized carbons (Fsp3) is 0.917. The van der Waals surface area contributed by atoms with Gasteiger partial charge in [0.1, 0.15) is 0 Å². The van der Waals surface area contributed by atoms with E-state index in [4.69, 9.17) is 0 Å². The number of thioether (sulfide) groups is 1. The van der Waals surface area contributed by atoms with Crippen LogP contribution in [0.1, 0.15) is 13.8 Å². The zero-order chi connectivity index (χ0) is 12.7. The van der Waals surface area contributed by atoms with Gasteiger partial charge in [-0.2, -0.15) is 11.8 Å². The van der Waals surface area contributed by atoms with Crippen LogP contribution in [0.2, 0.25) is 0 Å². The molecule has 96 valence electrons. The number of hydrogen-bond donors (Lipinski definition) is 0. The van der Waals surface area contributed by atoms with Crippen LogP contribution in [-0.2, 0) is 4.79 Å². The van der Waals surface area contributed by atoms with Gasteiger partial charge < -0.3 is 9.80 Å². The molecule has 0 aromatic heterocycles. The third-order valence-electron chi connectivity index (χ3n) is 2.54. The summed E-state index contributed by atoms with van der Waals surface area (Å²) in [5, 5.41) is 0. The molecule has 3 nitrogen and oxygen atoms in total. The number of rotatable bonds is 7. The van der Waals surface area contributed by atoms with Crippen molar-refractivity contribution < 1.29 is 4.79 Å². The van der Waals surface area contributed by atoms with Gasteiger partial charge in [0.25, 0.3) is 0 Å². The van der Waals surface area contributed by atoms with Gasteiger partial charge >= 0.3 is 0 Å². The third-order valence-corrected chi connectivity index (χ3v) is 3.61. The van der Waals surface area contributed by atoms with Crippen molar-refractivity contribution >= 4 is 17.7 Å². The average molecular weight is 246 g/mol. The average Bonchev–Trinajstić information content (AvgIpc) is 2.15. The summed E-state index contributed by atoms with van der Waals surface area (Å²) in [6.07, 6.45) is 0. The molecule has 0 heterocycles. The van der Waals surface area contributed by atoms with E-state index in [0.29, 0.717) is 5.92 Å². The number of amides is 1. The first-order valence-electron chi connectivity index (χ1n) is 5.80. The molecule has 1 amide bonds. The van der Waals surface area contributed by atoms with E-state index in [1.54, 1.807) is 4.90 Å². The maximum absolute atomic E-state index is 11.9. The van der Waals surface area contributed by atoms with Gasteiger partial charge in [-0.15, -0.1) is 0 Å². The van der Waals surface area contributed by atoms with Crippen molar-refractivity contribution in [2.45, 2.75) is 13.8 Å². The molecule has 0 aromatic carbocycles. The topological polar surface area (TPSA) is 23.6 Å². The predicted molar refractivity (Wildman–Crippen MR) is 72.9 cm³/mol. The summed E-state index contributed by atoms with van der Waals surface area (Å²) in [6, 6.07) is 0. The van der Waals surface area contributed by atoms with Gasteiger partial charge in [0.2, 0.25) is 5.91 Å². The Morgan fingerprint density at radius 2 is 1.75 bits per heavy atom. The lowest BCUT2D eigenvalue weighted by Crippen LogP contribution is -2.34. The molecule has 0 aliphatic carbocycles. The molecule has 1 atom stereocenters. The third kappa shape index (κ3) is 6.38. The smallest absolute Gasteiger partial charge is 0.226 e. The van der Waals surface area contributed by atoms with Crippen molar-refractivity contribution in [2.75, 3.05) is 46.2 Å². The molecule has 0 saturated heterocycles. The number of hydrogen-bond acceptors (Lipinski definition) is 3. The second-order valence-corrected chi connectivity index (χ2v) is 6.11. The Bertz CT molecular complexity index is 205. The first-order chi connectivity index (χ1) is 7.36. The Labute approximate surface area is 105 Å². The summed E-state index contributed by atoms with van der Waals surface area (Å²) >= 11 is 1.87. The Morgan fingerprint density at radius 3 is 2.12 bits per heavy atom. The monoisotopic (exact) mass is 246 g/mol.